The molecule has 2 aliphatic rings. The van der Waals surface area contributed by atoms with Crippen LogP contribution in [0.2, 0.25) is 0 Å². The first-order valence-electron chi connectivity index (χ1n) is 9.46. The number of hydrogen-bond acceptors (Lipinski definition) is 6. The van der Waals surface area contributed by atoms with Gasteiger partial charge in [0.05, 0.1) is 18.0 Å². The average molecular weight is 454 g/mol. The van der Waals surface area contributed by atoms with Crippen molar-refractivity contribution < 1.29 is 41.0 Å². The Balaban J connectivity index is 0.000000396. The highest BCUT2D eigenvalue weighted by molar-refractivity contribution is 7.89. The number of nitrogens with zero attached hydrogens (tertiary/aromatic N) is 2. The predicted molar refractivity (Wildman–Crippen MR) is 100 cm³/mol. The Morgan fingerprint density at radius 3 is 2.60 bits per heavy atom. The van der Waals surface area contributed by atoms with E-state index in [2.05, 4.69) is 4.98 Å². The number of aromatic nitrogens is 1. The Bertz CT molecular complexity index is 798. The number of hydrogen-bond donors (Lipinski definition) is 1. The molecule has 3 rings (SSSR count). The number of rotatable bonds is 7. The Morgan fingerprint density at radius 2 is 2.07 bits per heavy atom. The number of halogens is 3. The van der Waals surface area contributed by atoms with Gasteiger partial charge >= 0.3 is 12.1 Å². The fraction of sp³-hybridized carbons (Fsp3) is 0.667. The zero-order valence-corrected chi connectivity index (χ0v) is 17.3. The molecule has 2 aliphatic heterocycles. The van der Waals surface area contributed by atoms with E-state index in [-0.39, 0.29) is 11.4 Å². The minimum absolute atomic E-state index is 0.219. The molecule has 1 N–H and O–H groups in total. The number of pyridine rings is 1. The molecule has 3 heterocycles. The SMILES string of the molecule is CCCS(=O)(=O)N1CC2(C1)OCCC2CCOc1ccccn1.O=C(O)C(F)(F)F. The van der Waals surface area contributed by atoms with Gasteiger partial charge in [0.1, 0.15) is 0 Å². The molecule has 2 saturated heterocycles. The summed E-state index contributed by atoms with van der Waals surface area (Å²) in [7, 11) is -3.11. The molecule has 1 spiro atoms. The normalized spacial score (nSPS) is 20.9. The minimum Gasteiger partial charge on any atom is -0.478 e. The summed E-state index contributed by atoms with van der Waals surface area (Å²) in [6, 6.07) is 5.58. The Labute approximate surface area is 173 Å². The molecular formula is C18H25F3N2O6S. The van der Waals surface area contributed by atoms with Crippen LogP contribution in [-0.4, -0.2) is 72.6 Å². The van der Waals surface area contributed by atoms with Crippen LogP contribution < -0.4 is 4.74 Å². The van der Waals surface area contributed by atoms with Gasteiger partial charge in [-0.3, -0.25) is 0 Å². The van der Waals surface area contributed by atoms with Crippen molar-refractivity contribution in [1.29, 1.82) is 0 Å². The van der Waals surface area contributed by atoms with E-state index in [1.54, 1.807) is 10.5 Å². The smallest absolute Gasteiger partial charge is 0.478 e. The van der Waals surface area contributed by atoms with Crippen LogP contribution in [0.4, 0.5) is 13.2 Å². The van der Waals surface area contributed by atoms with Gasteiger partial charge in [0.25, 0.3) is 0 Å². The summed E-state index contributed by atoms with van der Waals surface area (Å²) in [6.45, 7) is 4.15. The van der Waals surface area contributed by atoms with E-state index in [4.69, 9.17) is 19.4 Å². The Hall–Kier alpha value is -1.92. The van der Waals surface area contributed by atoms with Crippen molar-refractivity contribution in [2.45, 2.75) is 38.0 Å². The average Bonchev–Trinajstić information content (AvgIpc) is 3.05. The first kappa shape index (κ1) is 24.4. The second kappa shape index (κ2) is 9.92. The molecular weight excluding hydrogens is 429 g/mol. The number of aliphatic carboxylic acids is 1. The molecule has 1 atom stereocenters. The summed E-state index contributed by atoms with van der Waals surface area (Å²) >= 11 is 0. The number of ether oxygens (including phenoxy) is 2. The van der Waals surface area contributed by atoms with E-state index in [1.807, 2.05) is 25.1 Å². The first-order chi connectivity index (χ1) is 14.0. The van der Waals surface area contributed by atoms with E-state index >= 15 is 0 Å². The van der Waals surface area contributed by atoms with Gasteiger partial charge in [-0.15, -0.1) is 0 Å². The Morgan fingerprint density at radius 1 is 1.40 bits per heavy atom. The summed E-state index contributed by atoms with van der Waals surface area (Å²) in [6.07, 6.45) is -0.905. The fourth-order valence-corrected chi connectivity index (χ4v) is 5.02. The van der Waals surface area contributed by atoms with Crippen molar-refractivity contribution in [3.05, 3.63) is 24.4 Å². The molecule has 0 amide bonds. The maximum absolute atomic E-state index is 12.1. The van der Waals surface area contributed by atoms with Crippen molar-refractivity contribution in [3.8, 4) is 5.88 Å². The van der Waals surface area contributed by atoms with Crippen LogP contribution in [0.3, 0.4) is 0 Å². The number of alkyl halides is 3. The van der Waals surface area contributed by atoms with Crippen molar-refractivity contribution >= 4 is 16.0 Å². The quantitative estimate of drug-likeness (QED) is 0.674. The van der Waals surface area contributed by atoms with Gasteiger partial charge in [0.15, 0.2) is 0 Å². The molecule has 1 aromatic heterocycles. The van der Waals surface area contributed by atoms with Crippen LogP contribution in [0.15, 0.2) is 24.4 Å². The van der Waals surface area contributed by atoms with E-state index < -0.39 is 22.2 Å². The molecule has 170 valence electrons. The van der Waals surface area contributed by atoms with Gasteiger partial charge in [-0.25, -0.2) is 18.2 Å². The lowest BCUT2D eigenvalue weighted by molar-refractivity contribution is -0.192. The molecule has 0 radical (unpaired) electrons. The van der Waals surface area contributed by atoms with Crippen LogP contribution in [0.1, 0.15) is 26.2 Å². The summed E-state index contributed by atoms with van der Waals surface area (Å²) in [5.41, 5.74) is -0.297. The van der Waals surface area contributed by atoms with Gasteiger partial charge in [0, 0.05) is 32.0 Å². The van der Waals surface area contributed by atoms with Gasteiger partial charge in [-0.05, 0) is 31.2 Å². The molecule has 0 aliphatic carbocycles. The van der Waals surface area contributed by atoms with E-state index in [9.17, 15) is 21.6 Å². The van der Waals surface area contributed by atoms with Crippen LogP contribution in [0.25, 0.3) is 0 Å². The molecule has 0 saturated carbocycles. The van der Waals surface area contributed by atoms with E-state index in [0.717, 1.165) is 12.8 Å². The first-order valence-corrected chi connectivity index (χ1v) is 11.1. The third-order valence-electron chi connectivity index (χ3n) is 4.94. The lowest BCUT2D eigenvalue weighted by Gasteiger charge is -2.49. The number of carboxylic acids is 1. The highest BCUT2D eigenvalue weighted by Crippen LogP contribution is 2.42. The molecule has 2 fully saturated rings. The predicted octanol–water partition coefficient (Wildman–Crippen LogP) is 2.31. The standard InChI is InChI=1S/C16H24N2O4S.C2HF3O2/c1-2-11-23(19,20)18-12-16(13-18)14(7-10-22-16)6-9-21-15-5-3-4-8-17-15;3-2(4,5)1(6)7/h3-5,8,14H,2,6-7,9-13H2,1H3;(H,6,7). The third kappa shape index (κ3) is 6.29. The maximum atomic E-state index is 12.1. The Kier molecular flexibility index (Phi) is 8.06. The topological polar surface area (TPSA) is 106 Å². The molecule has 12 heteroatoms. The third-order valence-corrected chi connectivity index (χ3v) is 6.91. The minimum atomic E-state index is -5.08. The maximum Gasteiger partial charge on any atom is 0.490 e. The number of carbonyl (C=O) groups is 1. The summed E-state index contributed by atoms with van der Waals surface area (Å²) in [5, 5.41) is 7.12. The van der Waals surface area contributed by atoms with Crippen LogP contribution in [-0.2, 0) is 19.6 Å². The summed E-state index contributed by atoms with van der Waals surface area (Å²) in [4.78, 5) is 13.0. The van der Waals surface area contributed by atoms with Gasteiger partial charge < -0.3 is 14.6 Å². The molecule has 0 bridgehead atoms. The highest BCUT2D eigenvalue weighted by Gasteiger charge is 2.55. The summed E-state index contributed by atoms with van der Waals surface area (Å²) in [5.74, 6) is -1.57. The largest absolute Gasteiger partial charge is 0.490 e. The molecule has 0 aromatic carbocycles. The van der Waals surface area contributed by atoms with Crippen LogP contribution in [0, 0.1) is 5.92 Å². The van der Waals surface area contributed by atoms with Crippen molar-refractivity contribution in [2.24, 2.45) is 5.92 Å². The van der Waals surface area contributed by atoms with Crippen molar-refractivity contribution in [2.75, 3.05) is 32.1 Å². The summed E-state index contributed by atoms with van der Waals surface area (Å²) < 4.78 is 69.1. The van der Waals surface area contributed by atoms with Crippen LogP contribution >= 0.6 is 0 Å². The molecule has 30 heavy (non-hydrogen) atoms. The molecule has 1 unspecified atom stereocenters. The van der Waals surface area contributed by atoms with Gasteiger partial charge in [-0.2, -0.15) is 17.5 Å². The second-order valence-corrected chi connectivity index (χ2v) is 9.18. The molecule has 8 nitrogen and oxygen atoms in total. The van der Waals surface area contributed by atoms with Crippen molar-refractivity contribution in [3.63, 3.8) is 0 Å². The lowest BCUT2D eigenvalue weighted by atomic mass is 9.80. The molecule has 1 aromatic rings. The van der Waals surface area contributed by atoms with Gasteiger partial charge in [0.2, 0.25) is 15.9 Å². The van der Waals surface area contributed by atoms with E-state index in [0.29, 0.717) is 44.5 Å². The van der Waals surface area contributed by atoms with Crippen LogP contribution in [0.5, 0.6) is 5.88 Å². The highest BCUT2D eigenvalue weighted by atomic mass is 32.2. The monoisotopic (exact) mass is 454 g/mol. The number of carboxylic acid groups (broad SMARTS) is 1. The lowest BCUT2D eigenvalue weighted by Crippen LogP contribution is -2.66. The van der Waals surface area contributed by atoms with Crippen molar-refractivity contribution in [1.82, 2.24) is 9.29 Å². The fourth-order valence-electron chi connectivity index (χ4n) is 3.41. The van der Waals surface area contributed by atoms with Gasteiger partial charge in [-0.1, -0.05) is 13.0 Å². The zero-order valence-electron chi connectivity index (χ0n) is 16.5. The number of sulfonamides is 1. The zero-order chi connectivity index (χ0) is 22.4. The second-order valence-electron chi connectivity index (χ2n) is 7.09. The van der Waals surface area contributed by atoms with E-state index in [1.165, 1.54) is 0 Å².